The number of methoxy groups -OCH3 is 1. The number of rotatable bonds is 7. The number of nitrogens with two attached hydrogens (primary N) is 1. The molecule has 0 saturated heterocycles. The van der Waals surface area contributed by atoms with Crippen molar-refractivity contribution in [3.63, 3.8) is 0 Å². The predicted octanol–water partition coefficient (Wildman–Crippen LogP) is 1.90. The first-order valence-electron chi connectivity index (χ1n) is 6.87. The number of aromatic hydroxyl groups is 1. The van der Waals surface area contributed by atoms with E-state index in [1.807, 2.05) is 0 Å². The summed E-state index contributed by atoms with van der Waals surface area (Å²) in [4.78, 5) is 12.2. The Morgan fingerprint density at radius 1 is 1.40 bits per heavy atom. The van der Waals surface area contributed by atoms with Crippen LogP contribution in [0.2, 0.25) is 0 Å². The van der Waals surface area contributed by atoms with E-state index in [1.54, 1.807) is 18.2 Å². The molecule has 0 bridgehead atoms. The maximum atomic E-state index is 12.2. The van der Waals surface area contributed by atoms with E-state index < -0.39 is 0 Å². The van der Waals surface area contributed by atoms with Crippen LogP contribution in [0, 0.1) is 5.41 Å². The van der Waals surface area contributed by atoms with Crippen molar-refractivity contribution >= 4 is 5.91 Å². The Morgan fingerprint density at radius 2 is 2.05 bits per heavy atom. The topological polar surface area (TPSA) is 84.6 Å². The lowest BCUT2D eigenvalue weighted by atomic mass is 9.82. The van der Waals surface area contributed by atoms with Crippen molar-refractivity contribution in [2.75, 3.05) is 20.2 Å². The molecule has 0 atom stereocenters. The fourth-order valence-electron chi connectivity index (χ4n) is 2.09. The highest BCUT2D eigenvalue weighted by molar-refractivity contribution is 5.97. The lowest BCUT2D eigenvalue weighted by molar-refractivity contribution is 0.0925. The summed E-state index contributed by atoms with van der Waals surface area (Å²) < 4.78 is 4.99. The summed E-state index contributed by atoms with van der Waals surface area (Å²) in [5, 5.41) is 12.8. The molecule has 0 aliphatic heterocycles. The van der Waals surface area contributed by atoms with Crippen LogP contribution in [0.15, 0.2) is 18.2 Å². The largest absolute Gasteiger partial charge is 0.504 e. The molecule has 0 unspecified atom stereocenters. The molecule has 0 aromatic heterocycles. The fraction of sp³-hybridized carbons (Fsp3) is 0.533. The summed E-state index contributed by atoms with van der Waals surface area (Å²) in [6, 6.07) is 4.84. The molecule has 0 fully saturated rings. The summed E-state index contributed by atoms with van der Waals surface area (Å²) >= 11 is 0. The van der Waals surface area contributed by atoms with Crippen LogP contribution in [0.5, 0.6) is 11.5 Å². The van der Waals surface area contributed by atoms with E-state index in [9.17, 15) is 9.90 Å². The first kappa shape index (κ1) is 16.3. The molecule has 0 aliphatic carbocycles. The van der Waals surface area contributed by atoms with Crippen LogP contribution < -0.4 is 15.8 Å². The van der Waals surface area contributed by atoms with Crippen molar-refractivity contribution < 1.29 is 14.6 Å². The summed E-state index contributed by atoms with van der Waals surface area (Å²) in [5.74, 6) is -0.173. The van der Waals surface area contributed by atoms with Gasteiger partial charge in [0.2, 0.25) is 0 Å². The van der Waals surface area contributed by atoms with E-state index in [4.69, 9.17) is 10.5 Å². The fourth-order valence-corrected chi connectivity index (χ4v) is 2.09. The van der Waals surface area contributed by atoms with E-state index in [0.29, 0.717) is 13.1 Å². The van der Waals surface area contributed by atoms with Gasteiger partial charge in [0.05, 0.1) is 12.7 Å². The van der Waals surface area contributed by atoms with E-state index >= 15 is 0 Å². The van der Waals surface area contributed by atoms with Crippen LogP contribution in [0.1, 0.15) is 37.0 Å². The molecule has 5 nitrogen and oxygen atoms in total. The van der Waals surface area contributed by atoms with Gasteiger partial charge < -0.3 is 20.9 Å². The van der Waals surface area contributed by atoms with Crippen LogP contribution in [0.25, 0.3) is 0 Å². The number of carbonyl (C=O) groups is 1. The smallest absolute Gasteiger partial charge is 0.255 e. The lowest BCUT2D eigenvalue weighted by Crippen LogP contribution is -2.41. The third kappa shape index (κ3) is 3.42. The first-order chi connectivity index (χ1) is 9.53. The lowest BCUT2D eigenvalue weighted by Gasteiger charge is -2.30. The Balaban J connectivity index is 2.82. The van der Waals surface area contributed by atoms with Crippen molar-refractivity contribution in [2.45, 2.75) is 26.7 Å². The second kappa shape index (κ2) is 7.14. The SMILES string of the molecule is CCC(CC)(CN)CNC(=O)c1cccc(OC)c1O. The van der Waals surface area contributed by atoms with Gasteiger partial charge in [-0.25, -0.2) is 0 Å². The van der Waals surface area contributed by atoms with Gasteiger partial charge in [-0.2, -0.15) is 0 Å². The minimum absolute atomic E-state index is 0.0931. The highest BCUT2D eigenvalue weighted by atomic mass is 16.5. The van der Waals surface area contributed by atoms with E-state index in [-0.39, 0.29) is 28.4 Å². The number of para-hydroxylation sites is 1. The van der Waals surface area contributed by atoms with Crippen LogP contribution in [0.3, 0.4) is 0 Å². The number of nitrogens with one attached hydrogen (secondary N) is 1. The average Bonchev–Trinajstić information content (AvgIpc) is 2.49. The summed E-state index contributed by atoms with van der Waals surface area (Å²) in [7, 11) is 1.45. The van der Waals surface area contributed by atoms with Crippen molar-refractivity contribution in [3.05, 3.63) is 23.8 Å². The molecule has 1 amide bonds. The Morgan fingerprint density at radius 3 is 2.55 bits per heavy atom. The van der Waals surface area contributed by atoms with Crippen molar-refractivity contribution in [1.82, 2.24) is 5.32 Å². The zero-order valence-corrected chi connectivity index (χ0v) is 12.4. The Hall–Kier alpha value is -1.75. The number of carbonyl (C=O) groups excluding carboxylic acids is 1. The molecule has 0 heterocycles. The standard InChI is InChI=1S/C15H24N2O3/c1-4-15(5-2,9-16)10-17-14(19)11-7-6-8-12(20-3)13(11)18/h6-8,18H,4-5,9-10,16H2,1-3H3,(H,17,19). The molecule has 0 spiro atoms. The number of hydrogen-bond acceptors (Lipinski definition) is 4. The second-order valence-electron chi connectivity index (χ2n) is 4.95. The van der Waals surface area contributed by atoms with Gasteiger partial charge in [0, 0.05) is 6.54 Å². The highest BCUT2D eigenvalue weighted by Gasteiger charge is 2.25. The minimum atomic E-state index is -0.318. The predicted molar refractivity (Wildman–Crippen MR) is 79.1 cm³/mol. The number of ether oxygens (including phenoxy) is 1. The summed E-state index contributed by atoms with van der Waals surface area (Å²) in [5.41, 5.74) is 5.93. The Kier molecular flexibility index (Phi) is 5.82. The van der Waals surface area contributed by atoms with Crippen LogP contribution in [-0.4, -0.2) is 31.2 Å². The maximum Gasteiger partial charge on any atom is 0.255 e. The third-order valence-electron chi connectivity index (χ3n) is 4.02. The zero-order chi connectivity index (χ0) is 15.2. The van der Waals surface area contributed by atoms with Gasteiger partial charge in [-0.1, -0.05) is 19.9 Å². The molecule has 4 N–H and O–H groups in total. The number of hydrogen-bond donors (Lipinski definition) is 3. The third-order valence-corrected chi connectivity index (χ3v) is 4.02. The van der Waals surface area contributed by atoms with Crippen molar-refractivity contribution in [1.29, 1.82) is 0 Å². The molecular weight excluding hydrogens is 256 g/mol. The minimum Gasteiger partial charge on any atom is -0.504 e. The average molecular weight is 280 g/mol. The van der Waals surface area contributed by atoms with Gasteiger partial charge >= 0.3 is 0 Å². The molecule has 0 radical (unpaired) electrons. The molecule has 112 valence electrons. The normalized spacial score (nSPS) is 11.2. The Labute approximate surface area is 120 Å². The van der Waals surface area contributed by atoms with E-state index in [0.717, 1.165) is 12.8 Å². The molecule has 1 rings (SSSR count). The number of amides is 1. The second-order valence-corrected chi connectivity index (χ2v) is 4.95. The van der Waals surface area contributed by atoms with Gasteiger partial charge in [-0.15, -0.1) is 0 Å². The maximum absolute atomic E-state index is 12.2. The van der Waals surface area contributed by atoms with Gasteiger partial charge in [-0.3, -0.25) is 4.79 Å². The monoisotopic (exact) mass is 280 g/mol. The zero-order valence-electron chi connectivity index (χ0n) is 12.4. The quantitative estimate of drug-likeness (QED) is 0.712. The van der Waals surface area contributed by atoms with E-state index in [2.05, 4.69) is 19.2 Å². The molecule has 1 aromatic carbocycles. The number of phenols is 1. The van der Waals surface area contributed by atoms with Gasteiger partial charge in [0.15, 0.2) is 11.5 Å². The van der Waals surface area contributed by atoms with Crippen molar-refractivity contribution in [2.24, 2.45) is 11.1 Å². The molecule has 1 aromatic rings. The molecular formula is C15H24N2O3. The highest BCUT2D eigenvalue weighted by Crippen LogP contribution is 2.29. The first-order valence-corrected chi connectivity index (χ1v) is 6.87. The molecule has 20 heavy (non-hydrogen) atoms. The molecule has 0 aliphatic rings. The van der Waals surface area contributed by atoms with Crippen LogP contribution >= 0.6 is 0 Å². The molecule has 0 saturated carbocycles. The van der Waals surface area contributed by atoms with Gasteiger partial charge in [0.25, 0.3) is 5.91 Å². The number of benzene rings is 1. The van der Waals surface area contributed by atoms with Crippen molar-refractivity contribution in [3.8, 4) is 11.5 Å². The summed E-state index contributed by atoms with van der Waals surface area (Å²) in [6.07, 6.45) is 1.79. The molecule has 5 heteroatoms. The van der Waals surface area contributed by atoms with Crippen LogP contribution in [-0.2, 0) is 0 Å². The van der Waals surface area contributed by atoms with Gasteiger partial charge in [0.1, 0.15) is 0 Å². The number of phenolic OH excluding ortho intramolecular Hbond substituents is 1. The van der Waals surface area contributed by atoms with Crippen LogP contribution in [0.4, 0.5) is 0 Å². The van der Waals surface area contributed by atoms with E-state index in [1.165, 1.54) is 7.11 Å². The van der Waals surface area contributed by atoms with Gasteiger partial charge in [-0.05, 0) is 36.9 Å². The Bertz CT molecular complexity index is 448. The summed E-state index contributed by atoms with van der Waals surface area (Å²) in [6.45, 7) is 5.13.